The van der Waals surface area contributed by atoms with Crippen molar-refractivity contribution in [3.8, 4) is 29.1 Å². The number of benzene rings is 3. The Bertz CT molecular complexity index is 1220. The van der Waals surface area contributed by atoms with Crippen LogP contribution in [0.5, 0.6) is 23.0 Å². The largest absolute Gasteiger partial charge is 0.489 e. The summed E-state index contributed by atoms with van der Waals surface area (Å²) >= 11 is 0. The molecule has 1 atom stereocenters. The highest BCUT2D eigenvalue weighted by molar-refractivity contribution is 5.84. The Balaban J connectivity index is 1.63. The van der Waals surface area contributed by atoms with Crippen molar-refractivity contribution in [2.75, 3.05) is 6.79 Å². The van der Waals surface area contributed by atoms with Crippen LogP contribution in [-0.2, 0) is 17.0 Å². The van der Waals surface area contributed by atoms with Gasteiger partial charge in [0.15, 0.2) is 11.5 Å². The van der Waals surface area contributed by atoms with E-state index in [2.05, 4.69) is 0 Å². The average Bonchev–Trinajstić information content (AvgIpc) is 3.25. The molecule has 0 saturated carbocycles. The molecule has 0 bridgehead atoms. The smallest absolute Gasteiger partial charge is 0.368 e. The third-order valence-electron chi connectivity index (χ3n) is 4.96. The number of aryl methyl sites for hydroxylation is 1. The molecule has 32 heavy (non-hydrogen) atoms. The molecule has 3 aromatic carbocycles. The van der Waals surface area contributed by atoms with Gasteiger partial charge in [0.1, 0.15) is 30.0 Å². The van der Waals surface area contributed by atoms with Crippen LogP contribution in [-0.4, -0.2) is 17.9 Å². The normalized spacial score (nSPS) is 13.7. The Morgan fingerprint density at radius 2 is 1.94 bits per heavy atom. The SMILES string of the molecule is Cc1ccc(OCc2ccc3c(c2)OCO3)cc1[C@@](C#N)(Oc1cccc(F)c1)C(=O)O. The van der Waals surface area contributed by atoms with Crippen molar-refractivity contribution in [3.63, 3.8) is 0 Å². The molecule has 0 amide bonds. The minimum absolute atomic E-state index is 0.0833. The van der Waals surface area contributed by atoms with Gasteiger partial charge in [-0.05, 0) is 54.4 Å². The zero-order chi connectivity index (χ0) is 22.7. The van der Waals surface area contributed by atoms with Gasteiger partial charge in [-0.2, -0.15) is 5.26 Å². The van der Waals surface area contributed by atoms with E-state index in [1.165, 1.54) is 24.3 Å². The highest BCUT2D eigenvalue weighted by Gasteiger charge is 2.45. The summed E-state index contributed by atoms with van der Waals surface area (Å²) in [5.74, 6) is -0.612. The first-order valence-electron chi connectivity index (χ1n) is 9.63. The van der Waals surface area contributed by atoms with Crippen LogP contribution in [0.1, 0.15) is 16.7 Å². The molecule has 0 saturated heterocycles. The molecule has 0 fully saturated rings. The zero-order valence-corrected chi connectivity index (χ0v) is 17.0. The van der Waals surface area contributed by atoms with Crippen LogP contribution in [0, 0.1) is 24.1 Å². The van der Waals surface area contributed by atoms with E-state index >= 15 is 0 Å². The lowest BCUT2D eigenvalue weighted by molar-refractivity contribution is -0.151. The Kier molecular flexibility index (Phi) is 5.56. The van der Waals surface area contributed by atoms with Crippen molar-refractivity contribution in [2.45, 2.75) is 19.1 Å². The van der Waals surface area contributed by atoms with Gasteiger partial charge >= 0.3 is 11.6 Å². The van der Waals surface area contributed by atoms with Crippen LogP contribution >= 0.6 is 0 Å². The topological polar surface area (TPSA) is 98.0 Å². The average molecular weight is 435 g/mol. The molecule has 0 aromatic heterocycles. The quantitative estimate of drug-likeness (QED) is 0.590. The van der Waals surface area contributed by atoms with Crippen LogP contribution in [0.2, 0.25) is 0 Å². The van der Waals surface area contributed by atoms with Crippen LogP contribution < -0.4 is 18.9 Å². The van der Waals surface area contributed by atoms with Gasteiger partial charge in [0, 0.05) is 11.6 Å². The fourth-order valence-corrected chi connectivity index (χ4v) is 3.32. The Labute approximate surface area is 183 Å². The lowest BCUT2D eigenvalue weighted by Gasteiger charge is -2.26. The number of carbonyl (C=O) groups is 1. The predicted octanol–water partition coefficient (Wildman–Crippen LogP) is 4.32. The number of nitriles is 1. The van der Waals surface area contributed by atoms with Gasteiger partial charge in [0.2, 0.25) is 6.79 Å². The fraction of sp³-hybridized carbons (Fsp3) is 0.167. The van der Waals surface area contributed by atoms with Crippen LogP contribution in [0.3, 0.4) is 0 Å². The van der Waals surface area contributed by atoms with Gasteiger partial charge in [-0.15, -0.1) is 0 Å². The second-order valence-electron chi connectivity index (χ2n) is 7.11. The standard InChI is InChI=1S/C24H18FNO6/c1-15-5-7-18(29-12-16-6-8-21-22(9-16)31-14-30-21)11-20(15)24(13-26,23(27)28)32-19-4-2-3-17(25)10-19/h2-11H,12,14H2,1H3,(H,27,28)/t24-/m1/s1. The van der Waals surface area contributed by atoms with Crippen LogP contribution in [0.4, 0.5) is 4.39 Å². The molecule has 1 aliphatic heterocycles. The Morgan fingerprint density at radius 3 is 2.69 bits per heavy atom. The van der Waals surface area contributed by atoms with E-state index in [1.807, 2.05) is 6.07 Å². The lowest BCUT2D eigenvalue weighted by Crippen LogP contribution is -2.41. The molecule has 1 aliphatic rings. The summed E-state index contributed by atoms with van der Waals surface area (Å²) in [7, 11) is 0. The van der Waals surface area contributed by atoms with Gasteiger partial charge in [0.05, 0.1) is 0 Å². The second kappa shape index (κ2) is 8.47. The Morgan fingerprint density at radius 1 is 1.12 bits per heavy atom. The minimum Gasteiger partial charge on any atom is -0.489 e. The maximum Gasteiger partial charge on any atom is 0.368 e. The molecular weight excluding hydrogens is 417 g/mol. The summed E-state index contributed by atoms with van der Waals surface area (Å²) in [5, 5.41) is 19.7. The predicted molar refractivity (Wildman–Crippen MR) is 110 cm³/mol. The molecule has 1 N–H and O–H groups in total. The highest BCUT2D eigenvalue weighted by atomic mass is 19.1. The van der Waals surface area contributed by atoms with Crippen molar-refractivity contribution in [3.05, 3.63) is 83.2 Å². The molecule has 0 radical (unpaired) electrons. The van der Waals surface area contributed by atoms with E-state index in [-0.39, 0.29) is 24.7 Å². The molecule has 1 heterocycles. The van der Waals surface area contributed by atoms with E-state index in [0.717, 1.165) is 11.6 Å². The van der Waals surface area contributed by atoms with Gasteiger partial charge in [-0.3, -0.25) is 0 Å². The van der Waals surface area contributed by atoms with E-state index < -0.39 is 17.4 Å². The van der Waals surface area contributed by atoms with E-state index in [1.54, 1.807) is 37.3 Å². The number of hydrogen-bond acceptors (Lipinski definition) is 6. The highest BCUT2D eigenvalue weighted by Crippen LogP contribution is 2.35. The lowest BCUT2D eigenvalue weighted by atomic mass is 9.90. The van der Waals surface area contributed by atoms with Crippen molar-refractivity contribution in [1.82, 2.24) is 0 Å². The second-order valence-corrected chi connectivity index (χ2v) is 7.11. The number of aliphatic carboxylic acids is 1. The molecule has 0 aliphatic carbocycles. The molecule has 4 rings (SSSR count). The fourth-order valence-electron chi connectivity index (χ4n) is 3.32. The number of carboxylic acids is 1. The molecule has 8 heteroatoms. The molecule has 3 aromatic rings. The van der Waals surface area contributed by atoms with E-state index in [0.29, 0.717) is 22.8 Å². The maximum atomic E-state index is 13.6. The van der Waals surface area contributed by atoms with Gasteiger partial charge < -0.3 is 24.1 Å². The van der Waals surface area contributed by atoms with Gasteiger partial charge in [-0.25, -0.2) is 9.18 Å². The van der Waals surface area contributed by atoms with Crippen molar-refractivity contribution >= 4 is 5.97 Å². The van der Waals surface area contributed by atoms with Crippen LogP contribution in [0.15, 0.2) is 60.7 Å². The maximum absolute atomic E-state index is 13.6. The number of halogens is 1. The third kappa shape index (κ3) is 4.01. The molecule has 162 valence electrons. The van der Waals surface area contributed by atoms with E-state index in [9.17, 15) is 19.6 Å². The van der Waals surface area contributed by atoms with Crippen LogP contribution in [0.25, 0.3) is 0 Å². The van der Waals surface area contributed by atoms with E-state index in [4.69, 9.17) is 18.9 Å². The first-order chi connectivity index (χ1) is 15.4. The summed E-state index contributed by atoms with van der Waals surface area (Å²) in [6.07, 6.45) is 0. The summed E-state index contributed by atoms with van der Waals surface area (Å²) < 4.78 is 35.6. The number of carboxylic acid groups (broad SMARTS) is 1. The van der Waals surface area contributed by atoms with Crippen molar-refractivity contribution in [1.29, 1.82) is 5.26 Å². The minimum atomic E-state index is -2.39. The molecule has 0 spiro atoms. The monoisotopic (exact) mass is 435 g/mol. The first kappa shape index (κ1) is 21.0. The number of fused-ring (bicyclic) bond motifs is 1. The van der Waals surface area contributed by atoms with Gasteiger partial charge in [-0.1, -0.05) is 18.2 Å². The zero-order valence-electron chi connectivity index (χ0n) is 17.0. The van der Waals surface area contributed by atoms with Crippen molar-refractivity contribution in [2.24, 2.45) is 0 Å². The van der Waals surface area contributed by atoms with Gasteiger partial charge in [0.25, 0.3) is 0 Å². The third-order valence-corrected chi connectivity index (χ3v) is 4.96. The summed E-state index contributed by atoms with van der Waals surface area (Å²) in [6, 6.07) is 16.8. The summed E-state index contributed by atoms with van der Waals surface area (Å²) in [5.41, 5.74) is -0.992. The number of nitrogens with zero attached hydrogens (tertiary/aromatic N) is 1. The van der Waals surface area contributed by atoms with Crippen molar-refractivity contribution < 1.29 is 33.2 Å². The number of hydrogen-bond donors (Lipinski definition) is 1. The molecular formula is C24H18FNO6. The molecule has 7 nitrogen and oxygen atoms in total. The first-order valence-corrected chi connectivity index (χ1v) is 9.63. The Hall–Kier alpha value is -4.25. The summed E-state index contributed by atoms with van der Waals surface area (Å²) in [4.78, 5) is 12.2. The summed E-state index contributed by atoms with van der Waals surface area (Å²) in [6.45, 7) is 2.00. The number of ether oxygens (including phenoxy) is 4. The molecule has 0 unspecified atom stereocenters. The number of rotatable bonds is 7.